The molecule has 0 heterocycles. The van der Waals surface area contributed by atoms with Crippen LogP contribution in [-0.4, -0.2) is 63.4 Å². The molecule has 0 N–H and O–H groups in total. The van der Waals surface area contributed by atoms with Crippen molar-refractivity contribution in [1.82, 2.24) is 0 Å². The first-order chi connectivity index (χ1) is 17.7. The van der Waals surface area contributed by atoms with E-state index in [1.807, 2.05) is 0 Å². The van der Waals surface area contributed by atoms with Crippen molar-refractivity contribution < 1.29 is 104 Å². The summed E-state index contributed by atoms with van der Waals surface area (Å²) in [6, 6.07) is 1.69. The van der Waals surface area contributed by atoms with Crippen molar-refractivity contribution in [3.63, 3.8) is 0 Å². The van der Waals surface area contributed by atoms with Gasteiger partial charge in [0, 0.05) is 0 Å². The van der Waals surface area contributed by atoms with E-state index in [-0.39, 0.29) is 12.1 Å². The Labute approximate surface area is 213 Å². The van der Waals surface area contributed by atoms with Crippen LogP contribution in [0.25, 0.3) is 0 Å². The van der Waals surface area contributed by atoms with Crippen molar-refractivity contribution in [2.45, 2.75) is 46.6 Å². The van der Waals surface area contributed by atoms with Gasteiger partial charge in [0.05, 0.1) is 5.69 Å². The summed E-state index contributed by atoms with van der Waals surface area (Å²) in [7, 11) is -16.6. The zero-order valence-electron chi connectivity index (χ0n) is 17.9. The van der Waals surface area contributed by atoms with Crippen LogP contribution in [0.5, 0.6) is 0 Å². The van der Waals surface area contributed by atoms with Gasteiger partial charge in [-0.15, -0.1) is 8.57 Å². The molecule has 7 nitrogen and oxygen atoms in total. The van der Waals surface area contributed by atoms with Crippen LogP contribution in [0.2, 0.25) is 0 Å². The van der Waals surface area contributed by atoms with E-state index in [1.165, 1.54) is 0 Å². The summed E-state index contributed by atoms with van der Waals surface area (Å²) in [5.41, 5.74) is -1.84. The van der Waals surface area contributed by atoms with Gasteiger partial charge in [-0.3, -0.25) is 0 Å². The summed E-state index contributed by atoms with van der Waals surface area (Å²) in [5, 5.41) is -17.9. The summed E-state index contributed by atoms with van der Waals surface area (Å²) in [6.45, 7) is 0. The Bertz CT molecular complexity index is 1230. The van der Waals surface area contributed by atoms with Gasteiger partial charge in [-0.05, 0) is 12.1 Å². The van der Waals surface area contributed by atoms with E-state index in [2.05, 4.69) is 8.57 Å². The molecule has 0 fully saturated rings. The molecule has 41 heavy (non-hydrogen) atoms. The van der Waals surface area contributed by atoms with Crippen molar-refractivity contribution in [1.29, 1.82) is 0 Å². The van der Waals surface area contributed by atoms with Crippen LogP contribution in [0.4, 0.5) is 84.7 Å². The topological polar surface area (TPSA) is 90.0 Å². The van der Waals surface area contributed by atoms with Crippen molar-refractivity contribution >= 4 is 25.9 Å². The average Bonchev–Trinajstić information content (AvgIpc) is 2.76. The van der Waals surface area contributed by atoms with Gasteiger partial charge in [0.1, 0.15) is 0 Å². The zero-order chi connectivity index (χ0) is 33.1. The summed E-state index contributed by atoms with van der Waals surface area (Å²) in [4.78, 5) is 0. The van der Waals surface area contributed by atoms with E-state index < -0.39 is 77.7 Å². The summed E-state index contributed by atoms with van der Waals surface area (Å²) in [6.07, 6.45) is -15.3. The molecule has 0 unspecified atom stereocenters. The molecular formula is C14H5F18NO6S2. The number of hydrogen-bond donors (Lipinski definition) is 0. The van der Waals surface area contributed by atoms with E-state index in [0.29, 0.717) is 12.1 Å². The first-order valence-electron chi connectivity index (χ1n) is 8.81. The highest BCUT2D eigenvalue weighted by molar-refractivity contribution is 7.88. The molecule has 0 radical (unpaired) electrons. The van der Waals surface area contributed by atoms with Gasteiger partial charge in [-0.25, -0.2) is 0 Å². The van der Waals surface area contributed by atoms with E-state index >= 15 is 0 Å². The molecular weight excluding hydrogens is 684 g/mol. The number of halogens is 18. The number of nitrogens with zero attached hydrogens (tertiary/aromatic N) is 1. The van der Waals surface area contributed by atoms with E-state index in [4.69, 9.17) is 0 Å². The Kier molecular flexibility index (Phi) is 9.01. The Morgan fingerprint density at radius 1 is 0.463 bits per heavy atom. The van der Waals surface area contributed by atoms with Crippen LogP contribution in [0.15, 0.2) is 30.3 Å². The number of benzene rings is 1. The van der Waals surface area contributed by atoms with Gasteiger partial charge in [0.25, 0.3) is 0 Å². The van der Waals surface area contributed by atoms with Crippen molar-refractivity contribution in [3.8, 4) is 0 Å². The predicted molar refractivity (Wildman–Crippen MR) is 90.7 cm³/mol. The third kappa shape index (κ3) is 5.67. The lowest BCUT2D eigenvalue weighted by Crippen LogP contribution is -2.64. The van der Waals surface area contributed by atoms with Gasteiger partial charge >= 0.3 is 66.8 Å². The minimum atomic E-state index is -8.30. The highest BCUT2D eigenvalue weighted by Gasteiger charge is 2.87. The summed E-state index contributed by atoms with van der Waals surface area (Å²) >= 11 is 0. The number of rotatable bonds is 11. The van der Waals surface area contributed by atoms with E-state index in [1.54, 1.807) is 0 Å². The number of para-hydroxylation sites is 1. The maximum Gasteiger partial charge on any atom is 0.460 e. The van der Waals surface area contributed by atoms with Gasteiger partial charge in [-0.2, -0.15) is 95.9 Å². The average molecular weight is 689 g/mol. The molecule has 240 valence electrons. The Hall–Kier alpha value is -2.42. The fourth-order valence-corrected chi connectivity index (χ4v) is 3.66. The first-order valence-corrected chi connectivity index (χ1v) is 11.6. The molecule has 0 aromatic heterocycles. The second-order valence-electron chi connectivity index (χ2n) is 6.98. The molecule has 0 bridgehead atoms. The largest absolute Gasteiger partial charge is 0.460 e. The van der Waals surface area contributed by atoms with E-state index in [9.17, 15) is 95.9 Å². The van der Waals surface area contributed by atoms with Gasteiger partial charge in [0.2, 0.25) is 0 Å². The fourth-order valence-electron chi connectivity index (χ4n) is 1.96. The minimum Gasteiger partial charge on any atom is -0.191 e. The van der Waals surface area contributed by atoms with Gasteiger partial charge in [-0.1, -0.05) is 23.4 Å². The van der Waals surface area contributed by atoms with Crippen LogP contribution in [-0.2, 0) is 28.8 Å². The lowest BCUT2D eigenvalue weighted by Gasteiger charge is -2.34. The molecule has 0 aliphatic carbocycles. The molecule has 0 saturated carbocycles. The Balaban J connectivity index is 3.76. The number of hydrogen-bond acceptors (Lipinski definition) is 7. The molecule has 0 atom stereocenters. The number of alkyl halides is 18. The molecule has 1 aromatic carbocycles. The minimum absolute atomic E-state index is 0.0201. The Morgan fingerprint density at radius 2 is 0.732 bits per heavy atom. The second-order valence-corrected chi connectivity index (χ2v) is 10.1. The van der Waals surface area contributed by atoms with Gasteiger partial charge < -0.3 is 0 Å². The van der Waals surface area contributed by atoms with Crippen molar-refractivity contribution in [3.05, 3.63) is 30.3 Å². The highest BCUT2D eigenvalue weighted by atomic mass is 32.2. The van der Waals surface area contributed by atoms with Crippen molar-refractivity contribution in [2.75, 3.05) is 5.23 Å². The van der Waals surface area contributed by atoms with Gasteiger partial charge in [0.15, 0.2) is 0 Å². The zero-order valence-corrected chi connectivity index (χ0v) is 19.5. The summed E-state index contributed by atoms with van der Waals surface area (Å²) in [5.74, 6) is -32.2. The third-order valence-electron chi connectivity index (χ3n) is 4.16. The van der Waals surface area contributed by atoms with Crippen LogP contribution in [0, 0.1) is 0 Å². The Morgan fingerprint density at radius 3 is 0.976 bits per heavy atom. The lowest BCUT2D eigenvalue weighted by molar-refractivity contribution is -0.383. The van der Waals surface area contributed by atoms with Crippen LogP contribution in [0.1, 0.15) is 0 Å². The first kappa shape index (κ1) is 36.6. The molecule has 0 aliphatic rings. The van der Waals surface area contributed by atoms with Crippen LogP contribution in [0.3, 0.4) is 0 Å². The third-order valence-corrected chi connectivity index (χ3v) is 6.59. The lowest BCUT2D eigenvalue weighted by atomic mass is 10.1. The maximum atomic E-state index is 13.9. The second kappa shape index (κ2) is 10.1. The fraction of sp³-hybridized carbons (Fsp3) is 0.571. The quantitative estimate of drug-likeness (QED) is 0.212. The molecule has 0 spiro atoms. The standard InChI is InChI=1S/C14H5F18NO6S2/c15-7(16,11(23,24)25)9(19,20)13(29,30)40(34,35)38-33(6-4-2-1-3-5-6)39-41(36,37)14(31,32)10(21,22)8(17,18)12(26,27)28/h1-5H. The van der Waals surface area contributed by atoms with Crippen LogP contribution < -0.4 is 5.23 Å². The maximum absolute atomic E-state index is 13.9. The molecule has 1 aromatic rings. The smallest absolute Gasteiger partial charge is 0.191 e. The molecule has 0 aliphatic heterocycles. The SMILES string of the molecule is O=S(=O)(ON(OS(=O)(=O)C(F)(F)C(F)(F)C(F)(F)C(F)(F)F)c1ccccc1)C(F)(F)C(F)(F)C(F)(F)C(F)(F)F. The molecule has 27 heteroatoms. The monoisotopic (exact) mass is 689 g/mol. The van der Waals surface area contributed by atoms with E-state index in [0.717, 1.165) is 6.07 Å². The molecule has 0 saturated heterocycles. The highest BCUT2D eigenvalue weighted by Crippen LogP contribution is 2.57. The molecule has 0 amide bonds. The normalized spacial score (nSPS) is 15.7. The van der Waals surface area contributed by atoms with Crippen molar-refractivity contribution in [2.24, 2.45) is 0 Å². The number of anilines is 1. The van der Waals surface area contributed by atoms with Crippen LogP contribution >= 0.6 is 0 Å². The summed E-state index contributed by atoms with van der Waals surface area (Å²) < 4.78 is 287. The predicted octanol–water partition coefficient (Wildman–Crippen LogP) is 5.87. The molecule has 1 rings (SSSR count).